The number of hydrogen-bond acceptors (Lipinski definition) is 2. The van der Waals surface area contributed by atoms with E-state index in [9.17, 15) is 0 Å². The number of fused-ring (bicyclic) bond motifs is 1. The highest BCUT2D eigenvalue weighted by molar-refractivity contribution is 6.31. The molecule has 0 bridgehead atoms. The Hall–Kier alpha value is -1.38. The van der Waals surface area contributed by atoms with Gasteiger partial charge in [0.1, 0.15) is 5.75 Å². The molecule has 2 nitrogen and oxygen atoms in total. The molecule has 0 saturated carbocycles. The maximum atomic E-state index is 6.13. The molecule has 0 radical (unpaired) electrons. The summed E-state index contributed by atoms with van der Waals surface area (Å²) >= 11 is 12.1. The molecule has 0 aromatic heterocycles. The van der Waals surface area contributed by atoms with Gasteiger partial charge >= 0.3 is 0 Å². The van der Waals surface area contributed by atoms with Crippen LogP contribution in [-0.2, 0) is 0 Å². The summed E-state index contributed by atoms with van der Waals surface area (Å²) in [6.45, 7) is 0. The van der Waals surface area contributed by atoms with Gasteiger partial charge in [-0.15, -0.1) is 0 Å². The Morgan fingerprint density at radius 3 is 2.71 bits per heavy atom. The van der Waals surface area contributed by atoms with Gasteiger partial charge in [-0.2, -0.15) is 0 Å². The molecular formula is C13H9Cl2NO. The molecule has 0 spiro atoms. The fraction of sp³-hybridized carbons (Fsp3) is 0.0769. The first-order chi connectivity index (χ1) is 8.24. The lowest BCUT2D eigenvalue weighted by molar-refractivity contribution is 0.260. The summed E-state index contributed by atoms with van der Waals surface area (Å²) in [6, 6.07) is 13.1. The summed E-state index contributed by atoms with van der Waals surface area (Å²) in [7, 11) is 0. The molecule has 3 rings (SSSR count). The van der Waals surface area contributed by atoms with E-state index in [0.717, 1.165) is 17.0 Å². The maximum Gasteiger partial charge on any atom is 0.198 e. The Labute approximate surface area is 109 Å². The monoisotopic (exact) mass is 265 g/mol. The van der Waals surface area contributed by atoms with Crippen molar-refractivity contribution in [1.29, 1.82) is 0 Å². The van der Waals surface area contributed by atoms with E-state index >= 15 is 0 Å². The van der Waals surface area contributed by atoms with Crippen LogP contribution in [0.2, 0.25) is 10.0 Å². The lowest BCUT2D eigenvalue weighted by Gasteiger charge is -2.12. The smallest absolute Gasteiger partial charge is 0.198 e. The molecule has 1 aliphatic rings. The lowest BCUT2D eigenvalue weighted by atomic mass is 10.2. The van der Waals surface area contributed by atoms with Gasteiger partial charge in [0.05, 0.1) is 5.69 Å². The van der Waals surface area contributed by atoms with Gasteiger partial charge in [0, 0.05) is 15.6 Å². The molecule has 0 amide bonds. The Morgan fingerprint density at radius 2 is 1.88 bits per heavy atom. The number of halogens is 2. The predicted molar refractivity (Wildman–Crippen MR) is 69.9 cm³/mol. The molecule has 86 valence electrons. The van der Waals surface area contributed by atoms with E-state index in [2.05, 4.69) is 5.32 Å². The van der Waals surface area contributed by atoms with E-state index in [1.165, 1.54) is 0 Å². The molecule has 1 heterocycles. The van der Waals surface area contributed by atoms with Crippen LogP contribution in [0.5, 0.6) is 5.75 Å². The number of hydrogen-bond donors (Lipinski definition) is 1. The van der Waals surface area contributed by atoms with Gasteiger partial charge in [0.15, 0.2) is 6.23 Å². The fourth-order valence-electron chi connectivity index (χ4n) is 1.84. The first-order valence-corrected chi connectivity index (χ1v) is 5.97. The summed E-state index contributed by atoms with van der Waals surface area (Å²) in [4.78, 5) is 0. The topological polar surface area (TPSA) is 21.3 Å². The summed E-state index contributed by atoms with van der Waals surface area (Å²) < 4.78 is 5.77. The molecule has 1 aliphatic heterocycles. The molecule has 2 aromatic rings. The summed E-state index contributed by atoms with van der Waals surface area (Å²) in [5.41, 5.74) is 1.81. The van der Waals surface area contributed by atoms with Crippen LogP contribution in [-0.4, -0.2) is 0 Å². The second kappa shape index (κ2) is 4.13. The maximum absolute atomic E-state index is 6.13. The number of ether oxygens (including phenoxy) is 1. The molecule has 0 saturated heterocycles. The first kappa shape index (κ1) is 10.8. The molecule has 17 heavy (non-hydrogen) atoms. The van der Waals surface area contributed by atoms with Crippen LogP contribution in [0.4, 0.5) is 5.69 Å². The fourth-order valence-corrected chi connectivity index (χ4v) is 2.25. The third-order valence-corrected chi connectivity index (χ3v) is 3.24. The molecular weight excluding hydrogens is 257 g/mol. The third-order valence-electron chi connectivity index (χ3n) is 2.66. The van der Waals surface area contributed by atoms with Gasteiger partial charge in [-0.1, -0.05) is 41.4 Å². The Kier molecular flexibility index (Phi) is 2.61. The summed E-state index contributed by atoms with van der Waals surface area (Å²) in [5, 5.41) is 4.61. The van der Waals surface area contributed by atoms with Crippen molar-refractivity contribution in [2.24, 2.45) is 0 Å². The van der Waals surface area contributed by atoms with Crippen LogP contribution >= 0.6 is 23.2 Å². The van der Waals surface area contributed by atoms with Crippen LogP contribution in [0.1, 0.15) is 11.8 Å². The minimum absolute atomic E-state index is 0.253. The number of benzene rings is 2. The van der Waals surface area contributed by atoms with Gasteiger partial charge in [0.2, 0.25) is 0 Å². The van der Waals surface area contributed by atoms with E-state index in [-0.39, 0.29) is 6.23 Å². The van der Waals surface area contributed by atoms with Crippen molar-refractivity contribution in [3.05, 3.63) is 58.1 Å². The zero-order valence-corrected chi connectivity index (χ0v) is 10.3. The Morgan fingerprint density at radius 1 is 1.06 bits per heavy atom. The van der Waals surface area contributed by atoms with Gasteiger partial charge < -0.3 is 10.1 Å². The van der Waals surface area contributed by atoms with Crippen LogP contribution in [0.25, 0.3) is 0 Å². The zero-order chi connectivity index (χ0) is 11.8. The molecule has 0 fully saturated rings. The number of rotatable bonds is 1. The van der Waals surface area contributed by atoms with Gasteiger partial charge in [-0.25, -0.2) is 0 Å². The highest BCUT2D eigenvalue weighted by Gasteiger charge is 2.24. The Balaban J connectivity index is 1.94. The molecule has 4 heteroatoms. The second-order valence-electron chi connectivity index (χ2n) is 3.80. The molecule has 2 aromatic carbocycles. The molecule has 1 N–H and O–H groups in total. The highest BCUT2D eigenvalue weighted by atomic mass is 35.5. The quantitative estimate of drug-likeness (QED) is 0.820. The molecule has 1 unspecified atom stereocenters. The summed E-state index contributed by atoms with van der Waals surface area (Å²) in [5.74, 6) is 0.791. The van der Waals surface area contributed by atoms with Crippen molar-refractivity contribution in [1.82, 2.24) is 0 Å². The van der Waals surface area contributed by atoms with Crippen molar-refractivity contribution in [3.8, 4) is 5.75 Å². The van der Waals surface area contributed by atoms with E-state index in [4.69, 9.17) is 27.9 Å². The lowest BCUT2D eigenvalue weighted by Crippen LogP contribution is -2.10. The molecule has 0 aliphatic carbocycles. The zero-order valence-electron chi connectivity index (χ0n) is 8.78. The highest BCUT2D eigenvalue weighted by Crippen LogP contribution is 2.40. The van der Waals surface area contributed by atoms with Crippen LogP contribution in [0, 0.1) is 0 Å². The van der Waals surface area contributed by atoms with Crippen molar-refractivity contribution in [3.63, 3.8) is 0 Å². The van der Waals surface area contributed by atoms with Gasteiger partial charge in [-0.05, 0) is 24.3 Å². The standard InChI is InChI=1S/C13H9Cl2NO/c14-8-5-6-12-11(7-8)16-13(17-12)9-3-1-2-4-10(9)15/h1-7,13,16H. The average molecular weight is 266 g/mol. The van der Waals surface area contributed by atoms with Crippen molar-refractivity contribution < 1.29 is 4.74 Å². The SMILES string of the molecule is Clc1ccc2c(c1)NC(c1ccccc1Cl)O2. The van der Waals surface area contributed by atoms with E-state index in [1.54, 1.807) is 6.07 Å². The first-order valence-electron chi connectivity index (χ1n) is 5.21. The Bertz CT molecular complexity index is 571. The average Bonchev–Trinajstić information content (AvgIpc) is 2.72. The van der Waals surface area contributed by atoms with Crippen LogP contribution in [0.15, 0.2) is 42.5 Å². The van der Waals surface area contributed by atoms with Gasteiger partial charge in [-0.3, -0.25) is 0 Å². The third kappa shape index (κ3) is 1.94. The summed E-state index contributed by atoms with van der Waals surface area (Å²) in [6.07, 6.45) is -0.253. The normalized spacial score (nSPS) is 17.2. The molecule has 1 atom stereocenters. The van der Waals surface area contributed by atoms with E-state index < -0.39 is 0 Å². The minimum atomic E-state index is -0.253. The van der Waals surface area contributed by atoms with E-state index in [0.29, 0.717) is 10.0 Å². The number of nitrogens with one attached hydrogen (secondary N) is 1. The van der Waals surface area contributed by atoms with Crippen molar-refractivity contribution >= 4 is 28.9 Å². The van der Waals surface area contributed by atoms with Gasteiger partial charge in [0.25, 0.3) is 0 Å². The largest absolute Gasteiger partial charge is 0.464 e. The van der Waals surface area contributed by atoms with Crippen molar-refractivity contribution in [2.75, 3.05) is 5.32 Å². The second-order valence-corrected chi connectivity index (χ2v) is 4.65. The van der Waals surface area contributed by atoms with E-state index in [1.807, 2.05) is 36.4 Å². The number of anilines is 1. The van der Waals surface area contributed by atoms with Crippen molar-refractivity contribution in [2.45, 2.75) is 6.23 Å². The predicted octanol–water partition coefficient (Wildman–Crippen LogP) is 4.50. The van der Waals surface area contributed by atoms with Crippen LogP contribution in [0.3, 0.4) is 0 Å². The minimum Gasteiger partial charge on any atom is -0.464 e. The van der Waals surface area contributed by atoms with Crippen LogP contribution < -0.4 is 10.1 Å².